The summed E-state index contributed by atoms with van der Waals surface area (Å²) in [6, 6.07) is 6.63. The van der Waals surface area contributed by atoms with Gasteiger partial charge in [-0.2, -0.15) is 0 Å². The normalized spacial score (nSPS) is 20.9. The maximum Gasteiger partial charge on any atom is 0.130 e. The van der Waals surface area contributed by atoms with E-state index in [2.05, 4.69) is 15.6 Å². The molecule has 0 bridgehead atoms. The van der Waals surface area contributed by atoms with Crippen molar-refractivity contribution in [2.75, 3.05) is 0 Å². The van der Waals surface area contributed by atoms with E-state index in [9.17, 15) is 5.11 Å². The van der Waals surface area contributed by atoms with Gasteiger partial charge in [-0.05, 0) is 48.9 Å². The van der Waals surface area contributed by atoms with Gasteiger partial charge in [0.1, 0.15) is 12.4 Å². The first kappa shape index (κ1) is 12.0. The summed E-state index contributed by atoms with van der Waals surface area (Å²) in [6.07, 6.45) is 7.75. The number of benzene rings is 1. The zero-order chi connectivity index (χ0) is 13.5. The third kappa shape index (κ3) is 2.10. The molecule has 4 rings (SSSR count). The highest BCUT2D eigenvalue weighted by Gasteiger charge is 2.25. The van der Waals surface area contributed by atoms with Crippen molar-refractivity contribution in [3.05, 3.63) is 47.5 Å². The lowest BCUT2D eigenvalue weighted by Gasteiger charge is -2.10. The fourth-order valence-electron chi connectivity index (χ4n) is 2.94. The fraction of sp³-hybridized carbons (Fsp3) is 0.438. The van der Waals surface area contributed by atoms with Crippen LogP contribution in [0.1, 0.15) is 48.2 Å². The highest BCUT2D eigenvalue weighted by atomic mass is 16.5. The highest BCUT2D eigenvalue weighted by molar-refractivity contribution is 5.39. The van der Waals surface area contributed by atoms with E-state index >= 15 is 0 Å². The van der Waals surface area contributed by atoms with Gasteiger partial charge in [0, 0.05) is 6.04 Å². The summed E-state index contributed by atoms with van der Waals surface area (Å²) < 4.78 is 8.11. The zero-order valence-electron chi connectivity index (χ0n) is 11.3. The van der Waals surface area contributed by atoms with Crippen molar-refractivity contribution in [1.29, 1.82) is 0 Å². The number of imidazole rings is 1. The van der Waals surface area contributed by atoms with Crippen molar-refractivity contribution >= 4 is 0 Å². The minimum Gasteiger partial charge on any atom is -0.487 e. The van der Waals surface area contributed by atoms with Gasteiger partial charge in [0.15, 0.2) is 0 Å². The van der Waals surface area contributed by atoms with Crippen LogP contribution in [0.25, 0.3) is 0 Å². The lowest BCUT2D eigenvalue weighted by Crippen LogP contribution is -2.04. The minimum absolute atomic E-state index is 0.296. The summed E-state index contributed by atoms with van der Waals surface area (Å²) in [5.41, 5.74) is 3.40. The Labute approximate surface area is 118 Å². The van der Waals surface area contributed by atoms with Crippen LogP contribution in [0.2, 0.25) is 0 Å². The molecule has 1 N–H and O–H groups in total. The fourth-order valence-corrected chi connectivity index (χ4v) is 2.94. The van der Waals surface area contributed by atoms with Crippen molar-refractivity contribution in [2.24, 2.45) is 0 Å². The Morgan fingerprint density at radius 1 is 1.30 bits per heavy atom. The monoisotopic (exact) mass is 270 g/mol. The van der Waals surface area contributed by atoms with Crippen molar-refractivity contribution in [1.82, 2.24) is 9.55 Å². The van der Waals surface area contributed by atoms with Crippen LogP contribution < -0.4 is 4.74 Å². The maximum absolute atomic E-state index is 9.80. The van der Waals surface area contributed by atoms with Crippen molar-refractivity contribution in [3.63, 3.8) is 0 Å². The highest BCUT2D eigenvalue weighted by Crippen LogP contribution is 2.36. The largest absolute Gasteiger partial charge is 0.487 e. The summed E-state index contributed by atoms with van der Waals surface area (Å²) >= 11 is 0. The molecule has 0 aliphatic heterocycles. The van der Waals surface area contributed by atoms with Crippen LogP contribution in [0.4, 0.5) is 0 Å². The number of hydrogen-bond acceptors (Lipinski definition) is 3. The van der Waals surface area contributed by atoms with Gasteiger partial charge in [-0.1, -0.05) is 6.07 Å². The number of rotatable bonds is 4. The second kappa shape index (κ2) is 4.63. The van der Waals surface area contributed by atoms with Crippen LogP contribution in [0.15, 0.2) is 30.7 Å². The summed E-state index contributed by atoms with van der Waals surface area (Å²) in [6.45, 7) is 0.553. The summed E-state index contributed by atoms with van der Waals surface area (Å²) in [7, 11) is 0. The van der Waals surface area contributed by atoms with E-state index in [4.69, 9.17) is 4.74 Å². The molecule has 0 amide bonds. The Balaban J connectivity index is 1.48. The van der Waals surface area contributed by atoms with Crippen molar-refractivity contribution < 1.29 is 9.84 Å². The quantitative estimate of drug-likeness (QED) is 0.929. The Bertz CT molecular complexity index is 631. The second-order valence-corrected chi connectivity index (χ2v) is 5.73. The first-order valence-corrected chi connectivity index (χ1v) is 7.25. The van der Waals surface area contributed by atoms with Crippen LogP contribution >= 0.6 is 0 Å². The average molecular weight is 270 g/mol. The molecular weight excluding hydrogens is 252 g/mol. The molecule has 0 radical (unpaired) electrons. The van der Waals surface area contributed by atoms with Gasteiger partial charge in [0.2, 0.25) is 0 Å². The number of aliphatic hydroxyl groups is 1. The molecule has 4 heteroatoms. The Morgan fingerprint density at radius 3 is 3.05 bits per heavy atom. The van der Waals surface area contributed by atoms with Crippen LogP contribution in [0, 0.1) is 0 Å². The third-order valence-corrected chi connectivity index (χ3v) is 4.23. The Hall–Kier alpha value is -1.81. The van der Waals surface area contributed by atoms with E-state index in [1.165, 1.54) is 18.4 Å². The first-order chi connectivity index (χ1) is 9.81. The lowest BCUT2D eigenvalue weighted by atomic mass is 10.1. The topological polar surface area (TPSA) is 47.3 Å². The molecule has 2 aromatic rings. The number of hydrogen-bond donors (Lipinski definition) is 1. The standard InChI is InChI=1S/C16H18N2O2/c19-16-6-1-11-7-14(4-5-15(11)16)20-9-13-8-17-10-18(13)12-2-3-12/h4-5,7-8,10,12,16,19H,1-3,6,9H2/t16-/m0/s1. The first-order valence-electron chi connectivity index (χ1n) is 7.25. The van der Waals surface area contributed by atoms with Crippen LogP contribution in [-0.4, -0.2) is 14.7 Å². The van der Waals surface area contributed by atoms with Gasteiger partial charge >= 0.3 is 0 Å². The molecule has 1 heterocycles. The molecule has 1 aromatic carbocycles. The van der Waals surface area contributed by atoms with Crippen LogP contribution in [0.3, 0.4) is 0 Å². The third-order valence-electron chi connectivity index (χ3n) is 4.23. The number of aryl methyl sites for hydroxylation is 1. The minimum atomic E-state index is -0.296. The number of ether oxygens (including phenoxy) is 1. The van der Waals surface area contributed by atoms with E-state index < -0.39 is 0 Å². The van der Waals surface area contributed by atoms with Crippen molar-refractivity contribution in [2.45, 2.75) is 44.4 Å². The molecule has 0 spiro atoms. The van der Waals surface area contributed by atoms with E-state index in [0.29, 0.717) is 12.6 Å². The number of aromatic nitrogens is 2. The van der Waals surface area contributed by atoms with Crippen LogP contribution in [-0.2, 0) is 13.0 Å². The molecule has 4 nitrogen and oxygen atoms in total. The van der Waals surface area contributed by atoms with Gasteiger partial charge in [0.25, 0.3) is 0 Å². The summed E-state index contributed by atoms with van der Waals surface area (Å²) in [5, 5.41) is 9.80. The molecule has 0 saturated heterocycles. The smallest absolute Gasteiger partial charge is 0.130 e. The Morgan fingerprint density at radius 2 is 2.20 bits per heavy atom. The van der Waals surface area contributed by atoms with E-state index in [-0.39, 0.29) is 6.10 Å². The molecule has 104 valence electrons. The predicted molar refractivity (Wildman–Crippen MR) is 74.6 cm³/mol. The van der Waals surface area contributed by atoms with E-state index in [1.54, 1.807) is 0 Å². The molecular formula is C16H18N2O2. The zero-order valence-corrected chi connectivity index (χ0v) is 11.3. The molecule has 1 fully saturated rings. The van der Waals surface area contributed by atoms with Gasteiger partial charge in [-0.15, -0.1) is 0 Å². The molecule has 2 aliphatic carbocycles. The van der Waals surface area contributed by atoms with Gasteiger partial charge in [-0.3, -0.25) is 0 Å². The molecule has 0 unspecified atom stereocenters. The summed E-state index contributed by atoms with van der Waals surface area (Å²) in [4.78, 5) is 4.21. The molecule has 1 atom stereocenters. The predicted octanol–water partition coefficient (Wildman–Crippen LogP) is 2.78. The lowest BCUT2D eigenvalue weighted by molar-refractivity contribution is 0.180. The number of fused-ring (bicyclic) bond motifs is 1. The number of nitrogens with zero attached hydrogens (tertiary/aromatic N) is 2. The van der Waals surface area contributed by atoms with Crippen LogP contribution in [0.5, 0.6) is 5.75 Å². The van der Waals surface area contributed by atoms with Gasteiger partial charge in [0.05, 0.1) is 24.3 Å². The average Bonchev–Trinajstić information content (AvgIpc) is 3.09. The number of aliphatic hydroxyl groups excluding tert-OH is 1. The maximum atomic E-state index is 9.80. The molecule has 1 saturated carbocycles. The SMILES string of the molecule is O[C@H]1CCc2cc(OCc3cncn3C3CC3)ccc21. The summed E-state index contributed by atoms with van der Waals surface area (Å²) in [5.74, 6) is 0.876. The molecule has 1 aromatic heterocycles. The van der Waals surface area contributed by atoms with Crippen molar-refractivity contribution in [3.8, 4) is 5.75 Å². The van der Waals surface area contributed by atoms with Gasteiger partial charge < -0.3 is 14.4 Å². The van der Waals surface area contributed by atoms with Gasteiger partial charge in [-0.25, -0.2) is 4.98 Å². The Kier molecular flexibility index (Phi) is 2.77. The van der Waals surface area contributed by atoms with E-state index in [1.807, 2.05) is 24.7 Å². The molecule has 20 heavy (non-hydrogen) atoms. The van der Waals surface area contributed by atoms with E-state index in [0.717, 1.165) is 29.8 Å². The molecule has 2 aliphatic rings. The second-order valence-electron chi connectivity index (χ2n) is 5.73.